The van der Waals surface area contributed by atoms with Crippen LogP contribution in [-0.4, -0.2) is 47.0 Å². The number of allylic oxidation sites excluding steroid dienone is 2. The Labute approximate surface area is 243 Å². The fraction of sp³-hybridized carbons (Fsp3) is 0.226. The first-order chi connectivity index (χ1) is 19.5. The fourth-order valence-corrected chi connectivity index (χ4v) is 7.20. The molecule has 0 aromatic heterocycles. The van der Waals surface area contributed by atoms with Gasteiger partial charge in [-0.15, -0.1) is 0 Å². The van der Waals surface area contributed by atoms with Crippen molar-refractivity contribution in [1.82, 2.24) is 4.31 Å². The first-order valence-electron chi connectivity index (χ1n) is 13.0. The molecule has 212 valence electrons. The van der Waals surface area contributed by atoms with Crippen molar-refractivity contribution in [2.75, 3.05) is 6.54 Å². The van der Waals surface area contributed by atoms with Gasteiger partial charge >= 0.3 is 11.9 Å². The van der Waals surface area contributed by atoms with Crippen molar-refractivity contribution in [2.24, 2.45) is 11.8 Å². The molecular formula is C31H28ClNO7S. The van der Waals surface area contributed by atoms with Crippen LogP contribution in [0.1, 0.15) is 19.8 Å². The molecule has 2 N–H and O–H groups in total. The second-order valence-corrected chi connectivity index (χ2v) is 12.5. The number of benzene rings is 3. The zero-order valence-corrected chi connectivity index (χ0v) is 23.7. The Kier molecular flexibility index (Phi) is 7.78. The maximum Gasteiger partial charge on any atom is 0.325 e. The molecule has 3 aromatic rings. The van der Waals surface area contributed by atoms with Gasteiger partial charge in [-0.25, -0.2) is 8.42 Å². The summed E-state index contributed by atoms with van der Waals surface area (Å²) in [7, 11) is -4.52. The molecule has 41 heavy (non-hydrogen) atoms. The van der Waals surface area contributed by atoms with Crippen LogP contribution in [0.15, 0.2) is 107 Å². The minimum atomic E-state index is -4.52. The Balaban J connectivity index is 1.48. The molecule has 8 nitrogen and oxygen atoms in total. The number of rotatable bonds is 10. The zero-order chi connectivity index (χ0) is 29.4. The molecule has 2 aliphatic rings. The zero-order valence-electron chi connectivity index (χ0n) is 22.1. The topological polar surface area (TPSA) is 121 Å². The molecule has 0 saturated heterocycles. The smallest absolute Gasteiger partial charge is 0.325 e. The Bertz CT molecular complexity index is 1630. The minimum absolute atomic E-state index is 0.0491. The number of ether oxygens (including phenoxy) is 1. The molecule has 3 aromatic carbocycles. The maximum absolute atomic E-state index is 13.9. The van der Waals surface area contributed by atoms with Gasteiger partial charge in [0.2, 0.25) is 10.0 Å². The van der Waals surface area contributed by atoms with Gasteiger partial charge in [-0.1, -0.05) is 66.6 Å². The average molecular weight is 594 g/mol. The van der Waals surface area contributed by atoms with E-state index in [0.717, 1.165) is 11.1 Å². The number of sulfonamides is 1. The van der Waals surface area contributed by atoms with E-state index in [0.29, 0.717) is 32.8 Å². The van der Waals surface area contributed by atoms with Crippen molar-refractivity contribution in [3.63, 3.8) is 0 Å². The standard InChI is InChI=1S/C31H28ClNO7S/c1-20-7-14-25(40-24-5-3-2-4-6-24)17-27(20)28-18-31(28,30(36)37)33(19-29(34)35)41(38,39)26-15-10-22(11-16-26)21-8-12-23(32)13-9-21/h2-6,8-17,20,28H,7,18-19H2,1H3,(H,34,35)(H,36,37). The van der Waals surface area contributed by atoms with Crippen LogP contribution in [0.2, 0.25) is 5.02 Å². The van der Waals surface area contributed by atoms with Crippen LogP contribution in [0, 0.1) is 11.8 Å². The van der Waals surface area contributed by atoms with E-state index < -0.39 is 40.0 Å². The van der Waals surface area contributed by atoms with Crippen LogP contribution in [0.25, 0.3) is 11.1 Å². The number of hydrogen-bond acceptors (Lipinski definition) is 5. The second-order valence-electron chi connectivity index (χ2n) is 10.2. The van der Waals surface area contributed by atoms with Gasteiger partial charge in [0.15, 0.2) is 0 Å². The van der Waals surface area contributed by atoms with Crippen molar-refractivity contribution in [3.8, 4) is 16.9 Å². The average Bonchev–Trinajstić information content (AvgIpc) is 3.70. The van der Waals surface area contributed by atoms with Gasteiger partial charge in [0, 0.05) is 10.9 Å². The molecule has 0 radical (unpaired) electrons. The Morgan fingerprint density at radius 3 is 2.17 bits per heavy atom. The summed E-state index contributed by atoms with van der Waals surface area (Å²) in [5, 5.41) is 20.7. The molecule has 0 spiro atoms. The monoisotopic (exact) mass is 593 g/mol. The lowest BCUT2D eigenvalue weighted by Gasteiger charge is -2.30. The Morgan fingerprint density at radius 1 is 0.976 bits per heavy atom. The molecule has 10 heteroatoms. The van der Waals surface area contributed by atoms with E-state index in [9.17, 15) is 28.2 Å². The Hall–Kier alpha value is -3.92. The summed E-state index contributed by atoms with van der Waals surface area (Å²) in [5.41, 5.74) is 0.303. The van der Waals surface area contributed by atoms with Crippen LogP contribution in [-0.2, 0) is 19.6 Å². The molecule has 0 amide bonds. The summed E-state index contributed by atoms with van der Waals surface area (Å²) in [4.78, 5) is 24.5. The predicted octanol–water partition coefficient (Wildman–Crippen LogP) is 5.85. The van der Waals surface area contributed by atoms with Crippen LogP contribution in [0.3, 0.4) is 0 Å². The first kappa shape index (κ1) is 28.6. The summed E-state index contributed by atoms with van der Waals surface area (Å²) in [5.74, 6) is -2.50. The highest BCUT2D eigenvalue weighted by atomic mass is 35.5. The number of hydrogen-bond donors (Lipinski definition) is 2. The number of carbonyl (C=O) groups is 2. The lowest BCUT2D eigenvalue weighted by molar-refractivity contribution is -0.145. The number of carboxylic acids is 2. The van der Waals surface area contributed by atoms with Crippen LogP contribution in [0.4, 0.5) is 0 Å². The van der Waals surface area contributed by atoms with Gasteiger partial charge in [0.05, 0.1) is 4.90 Å². The maximum atomic E-state index is 13.9. The summed E-state index contributed by atoms with van der Waals surface area (Å²) < 4.78 is 34.4. The third kappa shape index (κ3) is 5.66. The van der Waals surface area contributed by atoms with E-state index >= 15 is 0 Å². The Morgan fingerprint density at radius 2 is 1.59 bits per heavy atom. The van der Waals surface area contributed by atoms with E-state index in [1.165, 1.54) is 12.1 Å². The summed E-state index contributed by atoms with van der Waals surface area (Å²) in [6.07, 6.45) is 4.17. The molecule has 3 unspecified atom stereocenters. The lowest BCUT2D eigenvalue weighted by Crippen LogP contribution is -2.51. The summed E-state index contributed by atoms with van der Waals surface area (Å²) in [6.45, 7) is 0.938. The van der Waals surface area contributed by atoms with Crippen molar-refractivity contribution in [3.05, 3.63) is 107 Å². The van der Waals surface area contributed by atoms with Crippen LogP contribution >= 0.6 is 11.6 Å². The molecule has 2 aliphatic carbocycles. The van der Waals surface area contributed by atoms with Crippen molar-refractivity contribution in [2.45, 2.75) is 30.2 Å². The molecule has 0 bridgehead atoms. The summed E-state index contributed by atoms with van der Waals surface area (Å²) in [6, 6.07) is 22.0. The normalized spacial score (nSPS) is 22.0. The minimum Gasteiger partial charge on any atom is -0.480 e. The van der Waals surface area contributed by atoms with Gasteiger partial charge in [-0.05, 0) is 78.4 Å². The van der Waals surface area contributed by atoms with E-state index in [-0.39, 0.29) is 17.2 Å². The molecule has 5 rings (SSSR count). The molecule has 0 aliphatic heterocycles. The molecule has 1 fully saturated rings. The van der Waals surface area contributed by atoms with Crippen molar-refractivity contribution < 1.29 is 33.0 Å². The quantitative estimate of drug-likeness (QED) is 0.302. The number of para-hydroxylation sites is 1. The third-order valence-electron chi connectivity index (χ3n) is 7.58. The third-order valence-corrected chi connectivity index (χ3v) is 9.73. The van der Waals surface area contributed by atoms with Gasteiger partial charge in [-0.2, -0.15) is 4.31 Å². The van der Waals surface area contributed by atoms with E-state index in [2.05, 4.69) is 0 Å². The van der Waals surface area contributed by atoms with E-state index in [1.54, 1.807) is 54.6 Å². The van der Waals surface area contributed by atoms with Crippen LogP contribution in [0.5, 0.6) is 5.75 Å². The number of nitrogens with zero attached hydrogens (tertiary/aromatic N) is 1. The van der Waals surface area contributed by atoms with Gasteiger partial charge in [0.1, 0.15) is 23.6 Å². The highest BCUT2D eigenvalue weighted by molar-refractivity contribution is 7.89. The lowest BCUT2D eigenvalue weighted by atomic mass is 9.87. The van der Waals surface area contributed by atoms with E-state index in [4.69, 9.17) is 16.3 Å². The predicted molar refractivity (Wildman–Crippen MR) is 154 cm³/mol. The molecule has 0 heterocycles. The fourth-order valence-electron chi connectivity index (χ4n) is 5.35. The molecular weight excluding hydrogens is 566 g/mol. The number of halogens is 1. The largest absolute Gasteiger partial charge is 0.480 e. The van der Waals surface area contributed by atoms with Gasteiger partial charge < -0.3 is 14.9 Å². The van der Waals surface area contributed by atoms with E-state index in [1.807, 2.05) is 31.2 Å². The van der Waals surface area contributed by atoms with Crippen molar-refractivity contribution >= 4 is 33.6 Å². The number of aliphatic carboxylic acids is 2. The first-order valence-corrected chi connectivity index (χ1v) is 14.8. The second kappa shape index (κ2) is 11.2. The highest BCUT2D eigenvalue weighted by Crippen LogP contribution is 2.57. The van der Waals surface area contributed by atoms with Crippen LogP contribution < -0.4 is 4.74 Å². The molecule has 3 atom stereocenters. The van der Waals surface area contributed by atoms with Gasteiger partial charge in [0.25, 0.3) is 0 Å². The number of carboxylic acid groups (broad SMARTS) is 2. The molecule has 1 saturated carbocycles. The van der Waals surface area contributed by atoms with Crippen molar-refractivity contribution in [1.29, 1.82) is 0 Å². The van der Waals surface area contributed by atoms with Gasteiger partial charge in [-0.3, -0.25) is 9.59 Å². The SMILES string of the molecule is CC1CC=C(Oc2ccccc2)C=C1C1CC1(C(=O)O)N(CC(=O)O)S(=O)(=O)c1ccc(-c2ccc(Cl)cc2)cc1. The highest BCUT2D eigenvalue weighted by Gasteiger charge is 2.69. The summed E-state index contributed by atoms with van der Waals surface area (Å²) >= 11 is 5.96.